The van der Waals surface area contributed by atoms with Crippen LogP contribution in [0.15, 0.2) is 53.4 Å². The Balaban J connectivity index is 1.78. The van der Waals surface area contributed by atoms with Crippen molar-refractivity contribution in [2.75, 3.05) is 13.1 Å². The molecule has 0 saturated carbocycles. The molecule has 1 N–H and O–H groups in total. The molecule has 0 aliphatic carbocycles. The fourth-order valence-corrected chi connectivity index (χ4v) is 5.26. The number of nitrogens with zero attached hydrogens (tertiary/aromatic N) is 1. The first-order valence-corrected chi connectivity index (χ1v) is 11.6. The van der Waals surface area contributed by atoms with E-state index in [2.05, 4.69) is 5.32 Å². The van der Waals surface area contributed by atoms with Crippen molar-refractivity contribution >= 4 is 15.9 Å². The van der Waals surface area contributed by atoms with Crippen LogP contribution < -0.4 is 5.32 Å². The average molecular weight is 471 g/mol. The van der Waals surface area contributed by atoms with Crippen LogP contribution in [0.1, 0.15) is 48.3 Å². The van der Waals surface area contributed by atoms with Crippen LogP contribution in [0.5, 0.6) is 0 Å². The van der Waals surface area contributed by atoms with Gasteiger partial charge < -0.3 is 10.1 Å². The van der Waals surface area contributed by atoms with Gasteiger partial charge in [0.05, 0.1) is 28.7 Å². The number of carbonyl (C=O) groups is 1. The number of rotatable bonds is 5. The highest BCUT2D eigenvalue weighted by Gasteiger charge is 2.33. The van der Waals surface area contributed by atoms with Crippen molar-refractivity contribution in [2.45, 2.75) is 50.1 Å². The summed E-state index contributed by atoms with van der Waals surface area (Å²) in [6.45, 7) is 5.55. The highest BCUT2D eigenvalue weighted by Crippen LogP contribution is 2.31. The van der Waals surface area contributed by atoms with E-state index in [4.69, 9.17) is 4.74 Å². The number of benzene rings is 2. The lowest BCUT2D eigenvalue weighted by Crippen LogP contribution is -2.48. The number of halogens is 3. The van der Waals surface area contributed by atoms with Crippen LogP contribution in [-0.2, 0) is 20.9 Å². The molecule has 3 rings (SSSR count). The van der Waals surface area contributed by atoms with Crippen molar-refractivity contribution in [3.8, 4) is 0 Å². The largest absolute Gasteiger partial charge is 0.416 e. The van der Waals surface area contributed by atoms with Crippen molar-refractivity contribution in [3.05, 3.63) is 65.2 Å². The van der Waals surface area contributed by atoms with Crippen molar-refractivity contribution in [3.63, 3.8) is 0 Å². The lowest BCUT2D eigenvalue weighted by atomic mass is 10.0. The minimum atomic E-state index is -4.49. The second-order valence-corrected chi connectivity index (χ2v) is 9.86. The molecule has 174 valence electrons. The second-order valence-electron chi connectivity index (χ2n) is 7.93. The Hall–Kier alpha value is -2.43. The minimum absolute atomic E-state index is 0.0295. The van der Waals surface area contributed by atoms with Gasteiger partial charge in [0.15, 0.2) is 0 Å². The summed E-state index contributed by atoms with van der Waals surface area (Å²) < 4.78 is 71.9. The molecule has 0 radical (unpaired) electrons. The molecule has 1 fully saturated rings. The zero-order valence-corrected chi connectivity index (χ0v) is 18.7. The van der Waals surface area contributed by atoms with Gasteiger partial charge in [-0.25, -0.2) is 8.42 Å². The zero-order valence-electron chi connectivity index (χ0n) is 17.9. The third-order valence-corrected chi connectivity index (χ3v) is 7.01. The Morgan fingerprint density at radius 1 is 1.09 bits per heavy atom. The number of ether oxygens (including phenoxy) is 1. The highest BCUT2D eigenvalue weighted by atomic mass is 32.2. The molecule has 0 bridgehead atoms. The molecule has 32 heavy (non-hydrogen) atoms. The number of morpholine rings is 1. The molecule has 2 aromatic carbocycles. The van der Waals surface area contributed by atoms with E-state index in [0.29, 0.717) is 0 Å². The summed E-state index contributed by atoms with van der Waals surface area (Å²) in [6.07, 6.45) is -5.00. The van der Waals surface area contributed by atoms with E-state index in [1.165, 1.54) is 40.7 Å². The van der Waals surface area contributed by atoms with Gasteiger partial charge in [-0.2, -0.15) is 17.5 Å². The van der Waals surface area contributed by atoms with Crippen LogP contribution in [0, 0.1) is 0 Å². The number of alkyl halides is 3. The van der Waals surface area contributed by atoms with Crippen molar-refractivity contribution < 1.29 is 31.1 Å². The summed E-state index contributed by atoms with van der Waals surface area (Å²) >= 11 is 0. The number of amides is 1. The van der Waals surface area contributed by atoms with E-state index in [9.17, 15) is 26.4 Å². The molecule has 3 unspecified atom stereocenters. The number of hydrogen-bond donors (Lipinski definition) is 1. The van der Waals surface area contributed by atoms with Crippen molar-refractivity contribution in [1.29, 1.82) is 0 Å². The molecule has 0 spiro atoms. The van der Waals surface area contributed by atoms with E-state index >= 15 is 0 Å². The molecule has 1 aliphatic heterocycles. The van der Waals surface area contributed by atoms with Crippen molar-refractivity contribution in [1.82, 2.24) is 9.62 Å². The molecular formula is C22H25F3N2O4S. The van der Waals surface area contributed by atoms with Crippen molar-refractivity contribution in [2.24, 2.45) is 0 Å². The molecule has 3 atom stereocenters. The normalized spacial score (nSPS) is 21.2. The number of carbonyl (C=O) groups excluding carboxylic acids is 1. The van der Waals surface area contributed by atoms with Gasteiger partial charge >= 0.3 is 6.18 Å². The molecular weight excluding hydrogens is 445 g/mol. The zero-order chi connectivity index (χ0) is 23.7. The molecule has 1 heterocycles. The van der Waals surface area contributed by atoms with Crippen LogP contribution in [0.2, 0.25) is 0 Å². The lowest BCUT2D eigenvalue weighted by Gasteiger charge is -2.34. The highest BCUT2D eigenvalue weighted by molar-refractivity contribution is 7.89. The maximum atomic E-state index is 13.1. The number of hydrogen-bond acceptors (Lipinski definition) is 4. The van der Waals surface area contributed by atoms with E-state index < -0.39 is 33.7 Å². The average Bonchev–Trinajstić information content (AvgIpc) is 2.72. The van der Waals surface area contributed by atoms with Gasteiger partial charge in [-0.1, -0.05) is 18.2 Å². The van der Waals surface area contributed by atoms with Crippen LogP contribution in [0.3, 0.4) is 0 Å². The standard InChI is InChI=1S/C22H25F3N2O4S/c1-14-12-27(13-15(2)31-14)32(29,30)20-9-5-7-18(11-20)21(28)26-16(3)17-6-4-8-19(10-17)22(23,24)25/h4-11,14-16H,12-13H2,1-3H3,(H,26,28). The first-order valence-electron chi connectivity index (χ1n) is 10.1. The predicted molar refractivity (Wildman–Crippen MR) is 113 cm³/mol. The van der Waals surface area contributed by atoms with E-state index in [0.717, 1.165) is 12.1 Å². The van der Waals surface area contributed by atoms with E-state index in [-0.39, 0.29) is 41.3 Å². The smallest absolute Gasteiger partial charge is 0.373 e. The molecule has 0 aromatic heterocycles. The Kier molecular flexibility index (Phi) is 6.97. The Morgan fingerprint density at radius 3 is 2.34 bits per heavy atom. The molecule has 1 saturated heterocycles. The monoisotopic (exact) mass is 470 g/mol. The fourth-order valence-electron chi connectivity index (χ4n) is 3.62. The van der Waals surface area contributed by atoms with Crippen LogP contribution in [0.4, 0.5) is 13.2 Å². The number of nitrogens with one attached hydrogen (secondary N) is 1. The van der Waals surface area contributed by atoms with Gasteiger partial charge in [0.25, 0.3) is 5.91 Å². The first-order chi connectivity index (χ1) is 14.9. The van der Waals surface area contributed by atoms with E-state index in [1.54, 1.807) is 20.8 Å². The quantitative estimate of drug-likeness (QED) is 0.717. The van der Waals surface area contributed by atoms with Gasteiger partial charge in [-0.15, -0.1) is 0 Å². The third kappa shape index (κ3) is 5.48. The summed E-state index contributed by atoms with van der Waals surface area (Å²) in [5.74, 6) is -0.587. The Labute approximate surface area is 185 Å². The van der Waals surface area contributed by atoms with Gasteiger partial charge in [-0.05, 0) is 56.7 Å². The van der Waals surface area contributed by atoms with Gasteiger partial charge in [0.2, 0.25) is 10.0 Å². The van der Waals surface area contributed by atoms with Crippen LogP contribution >= 0.6 is 0 Å². The second kappa shape index (κ2) is 9.21. The Morgan fingerprint density at radius 2 is 1.72 bits per heavy atom. The maximum Gasteiger partial charge on any atom is 0.416 e. The van der Waals surface area contributed by atoms with Crippen LogP contribution in [-0.4, -0.2) is 43.9 Å². The topological polar surface area (TPSA) is 75.7 Å². The summed E-state index contributed by atoms with van der Waals surface area (Å²) in [6, 6.07) is 9.58. The minimum Gasteiger partial charge on any atom is -0.373 e. The van der Waals surface area contributed by atoms with Gasteiger partial charge in [0.1, 0.15) is 0 Å². The third-order valence-electron chi connectivity index (χ3n) is 5.18. The Bertz CT molecular complexity index is 1080. The van der Waals surface area contributed by atoms with E-state index in [1.807, 2.05) is 0 Å². The molecule has 6 nitrogen and oxygen atoms in total. The van der Waals surface area contributed by atoms with Gasteiger partial charge in [0, 0.05) is 18.7 Å². The molecule has 1 aliphatic rings. The predicted octanol–water partition coefficient (Wildman–Crippen LogP) is 3.99. The van der Waals surface area contributed by atoms with Gasteiger partial charge in [-0.3, -0.25) is 4.79 Å². The lowest BCUT2D eigenvalue weighted by molar-refractivity contribution is -0.137. The first kappa shape index (κ1) is 24.2. The van der Waals surface area contributed by atoms with Crippen LogP contribution in [0.25, 0.3) is 0 Å². The molecule has 10 heteroatoms. The summed E-state index contributed by atoms with van der Waals surface area (Å²) in [5.41, 5.74) is -0.425. The summed E-state index contributed by atoms with van der Waals surface area (Å²) in [5, 5.41) is 2.63. The fraction of sp³-hybridized carbons (Fsp3) is 0.409. The number of sulfonamides is 1. The SMILES string of the molecule is CC1CN(S(=O)(=O)c2cccc(C(=O)NC(C)c3cccc(C(F)(F)F)c3)c2)CC(C)O1. The molecule has 1 amide bonds. The molecule has 2 aromatic rings. The maximum absolute atomic E-state index is 13.1. The summed E-state index contributed by atoms with van der Waals surface area (Å²) in [7, 11) is -3.84. The summed E-state index contributed by atoms with van der Waals surface area (Å²) in [4.78, 5) is 12.7.